The third kappa shape index (κ3) is 1.98. The SMILES string of the molecule is Cc1cccc(C(=O)c2cnccc2C)n1. The fourth-order valence-corrected chi connectivity index (χ4v) is 1.51. The van der Waals surface area contributed by atoms with Crippen LogP contribution in [-0.2, 0) is 0 Å². The Bertz CT molecular complexity index is 535. The second-order valence-electron chi connectivity index (χ2n) is 3.68. The van der Waals surface area contributed by atoms with E-state index >= 15 is 0 Å². The number of hydrogen-bond donors (Lipinski definition) is 0. The maximum absolute atomic E-state index is 12.1. The largest absolute Gasteiger partial charge is 0.287 e. The molecule has 0 aromatic carbocycles. The van der Waals surface area contributed by atoms with Crippen molar-refractivity contribution in [2.45, 2.75) is 13.8 Å². The minimum Gasteiger partial charge on any atom is -0.287 e. The lowest BCUT2D eigenvalue weighted by atomic mass is 10.1. The van der Waals surface area contributed by atoms with E-state index in [2.05, 4.69) is 9.97 Å². The van der Waals surface area contributed by atoms with Crippen LogP contribution in [-0.4, -0.2) is 15.8 Å². The third-order valence-corrected chi connectivity index (χ3v) is 2.40. The van der Waals surface area contributed by atoms with Crippen LogP contribution in [0.5, 0.6) is 0 Å². The molecule has 2 aromatic rings. The van der Waals surface area contributed by atoms with Gasteiger partial charge in [0, 0.05) is 23.7 Å². The summed E-state index contributed by atoms with van der Waals surface area (Å²) >= 11 is 0. The smallest absolute Gasteiger partial charge is 0.213 e. The molecule has 0 aliphatic heterocycles. The minimum absolute atomic E-state index is 0.0747. The van der Waals surface area contributed by atoms with Crippen LogP contribution in [0.1, 0.15) is 27.3 Å². The van der Waals surface area contributed by atoms with Crippen LogP contribution in [0.2, 0.25) is 0 Å². The van der Waals surface area contributed by atoms with Crippen molar-refractivity contribution in [1.82, 2.24) is 9.97 Å². The maximum Gasteiger partial charge on any atom is 0.213 e. The maximum atomic E-state index is 12.1. The number of carbonyl (C=O) groups excluding carboxylic acids is 1. The first-order chi connectivity index (χ1) is 7.68. The summed E-state index contributed by atoms with van der Waals surface area (Å²) in [6.45, 7) is 3.76. The molecule has 0 unspecified atom stereocenters. The Balaban J connectivity index is 2.44. The molecule has 0 aliphatic rings. The van der Waals surface area contributed by atoms with Gasteiger partial charge in [-0.15, -0.1) is 0 Å². The number of ketones is 1. The summed E-state index contributed by atoms with van der Waals surface area (Å²) in [6, 6.07) is 7.25. The summed E-state index contributed by atoms with van der Waals surface area (Å²) in [7, 11) is 0. The highest BCUT2D eigenvalue weighted by Gasteiger charge is 2.12. The lowest BCUT2D eigenvalue weighted by Gasteiger charge is -2.03. The second-order valence-corrected chi connectivity index (χ2v) is 3.68. The van der Waals surface area contributed by atoms with Crippen molar-refractivity contribution in [1.29, 1.82) is 0 Å². The van der Waals surface area contributed by atoms with Gasteiger partial charge in [0.05, 0.1) is 0 Å². The number of rotatable bonds is 2. The molecule has 0 atom stereocenters. The molecule has 3 heteroatoms. The lowest BCUT2D eigenvalue weighted by molar-refractivity contribution is 0.103. The Hall–Kier alpha value is -2.03. The molecule has 80 valence electrons. The van der Waals surface area contributed by atoms with Crippen molar-refractivity contribution in [2.75, 3.05) is 0 Å². The van der Waals surface area contributed by atoms with Crippen LogP contribution in [0, 0.1) is 13.8 Å². The Kier molecular flexibility index (Phi) is 2.77. The molecule has 0 saturated carbocycles. The molecular formula is C13H12N2O. The van der Waals surface area contributed by atoms with Gasteiger partial charge in [0.15, 0.2) is 0 Å². The van der Waals surface area contributed by atoms with E-state index in [9.17, 15) is 4.79 Å². The fraction of sp³-hybridized carbons (Fsp3) is 0.154. The summed E-state index contributed by atoms with van der Waals surface area (Å²) in [5.41, 5.74) is 2.84. The van der Waals surface area contributed by atoms with E-state index in [1.807, 2.05) is 32.0 Å². The first-order valence-corrected chi connectivity index (χ1v) is 5.07. The van der Waals surface area contributed by atoms with Crippen LogP contribution in [0.4, 0.5) is 0 Å². The van der Waals surface area contributed by atoms with Gasteiger partial charge in [-0.25, -0.2) is 4.98 Å². The molecule has 0 radical (unpaired) electrons. The summed E-state index contributed by atoms with van der Waals surface area (Å²) < 4.78 is 0. The average molecular weight is 212 g/mol. The van der Waals surface area contributed by atoms with Crippen molar-refractivity contribution in [3.05, 3.63) is 59.2 Å². The molecule has 2 aromatic heterocycles. The van der Waals surface area contributed by atoms with Gasteiger partial charge in [-0.3, -0.25) is 9.78 Å². The third-order valence-electron chi connectivity index (χ3n) is 2.40. The van der Waals surface area contributed by atoms with E-state index in [1.54, 1.807) is 18.5 Å². The fourth-order valence-electron chi connectivity index (χ4n) is 1.51. The quantitative estimate of drug-likeness (QED) is 0.717. The second kappa shape index (κ2) is 4.23. The first-order valence-electron chi connectivity index (χ1n) is 5.07. The lowest BCUT2D eigenvalue weighted by Crippen LogP contribution is -2.06. The molecule has 2 rings (SSSR count). The zero-order valence-electron chi connectivity index (χ0n) is 9.27. The Labute approximate surface area is 94.2 Å². The van der Waals surface area contributed by atoms with Gasteiger partial charge >= 0.3 is 0 Å². The highest BCUT2D eigenvalue weighted by Crippen LogP contribution is 2.11. The predicted octanol–water partition coefficient (Wildman–Crippen LogP) is 2.32. The van der Waals surface area contributed by atoms with Crippen LogP contribution < -0.4 is 0 Å². The van der Waals surface area contributed by atoms with Crippen LogP contribution in [0.3, 0.4) is 0 Å². The van der Waals surface area contributed by atoms with Gasteiger partial charge in [0.25, 0.3) is 0 Å². The molecule has 0 saturated heterocycles. The van der Waals surface area contributed by atoms with E-state index in [1.165, 1.54) is 0 Å². The zero-order valence-corrected chi connectivity index (χ0v) is 9.27. The average Bonchev–Trinajstić information content (AvgIpc) is 2.29. The number of pyridine rings is 2. The highest BCUT2D eigenvalue weighted by molar-refractivity contribution is 6.08. The molecule has 0 amide bonds. The van der Waals surface area contributed by atoms with Crippen molar-refractivity contribution in [3.63, 3.8) is 0 Å². The first kappa shape index (κ1) is 10.5. The minimum atomic E-state index is -0.0747. The van der Waals surface area contributed by atoms with Gasteiger partial charge in [0.1, 0.15) is 5.69 Å². The molecular weight excluding hydrogens is 200 g/mol. The zero-order chi connectivity index (χ0) is 11.5. The number of aryl methyl sites for hydroxylation is 2. The molecule has 0 N–H and O–H groups in total. The van der Waals surface area contributed by atoms with Crippen molar-refractivity contribution < 1.29 is 4.79 Å². The van der Waals surface area contributed by atoms with E-state index in [0.717, 1.165) is 11.3 Å². The topological polar surface area (TPSA) is 42.9 Å². The highest BCUT2D eigenvalue weighted by atomic mass is 16.1. The van der Waals surface area contributed by atoms with E-state index in [4.69, 9.17) is 0 Å². The number of carbonyl (C=O) groups is 1. The summed E-state index contributed by atoms with van der Waals surface area (Å²) in [5, 5.41) is 0. The standard InChI is InChI=1S/C13H12N2O/c1-9-6-7-14-8-11(9)13(16)12-5-3-4-10(2)15-12/h3-8H,1-2H3. The number of aromatic nitrogens is 2. The molecule has 0 spiro atoms. The summed E-state index contributed by atoms with van der Waals surface area (Å²) in [4.78, 5) is 20.3. The Morgan fingerprint density at radius 3 is 2.69 bits per heavy atom. The molecule has 0 fully saturated rings. The van der Waals surface area contributed by atoms with E-state index in [0.29, 0.717) is 11.3 Å². The molecule has 0 bridgehead atoms. The van der Waals surface area contributed by atoms with E-state index in [-0.39, 0.29) is 5.78 Å². The summed E-state index contributed by atoms with van der Waals surface area (Å²) in [6.07, 6.45) is 3.26. The van der Waals surface area contributed by atoms with Gasteiger partial charge in [-0.05, 0) is 37.6 Å². The van der Waals surface area contributed by atoms with Gasteiger partial charge < -0.3 is 0 Å². The Morgan fingerprint density at radius 2 is 2.00 bits per heavy atom. The monoisotopic (exact) mass is 212 g/mol. The van der Waals surface area contributed by atoms with Crippen LogP contribution in [0.25, 0.3) is 0 Å². The molecule has 2 heterocycles. The van der Waals surface area contributed by atoms with Gasteiger partial charge in [-0.1, -0.05) is 6.07 Å². The molecule has 0 aliphatic carbocycles. The van der Waals surface area contributed by atoms with Crippen molar-refractivity contribution in [2.24, 2.45) is 0 Å². The van der Waals surface area contributed by atoms with Gasteiger partial charge in [-0.2, -0.15) is 0 Å². The summed E-state index contributed by atoms with van der Waals surface area (Å²) in [5.74, 6) is -0.0747. The van der Waals surface area contributed by atoms with Crippen molar-refractivity contribution in [3.8, 4) is 0 Å². The molecule has 16 heavy (non-hydrogen) atoms. The van der Waals surface area contributed by atoms with Crippen LogP contribution >= 0.6 is 0 Å². The molecule has 3 nitrogen and oxygen atoms in total. The normalized spacial score (nSPS) is 10.1. The Morgan fingerprint density at radius 1 is 1.19 bits per heavy atom. The number of nitrogens with zero attached hydrogens (tertiary/aromatic N) is 2. The van der Waals surface area contributed by atoms with Gasteiger partial charge in [0.2, 0.25) is 5.78 Å². The van der Waals surface area contributed by atoms with Crippen LogP contribution in [0.15, 0.2) is 36.7 Å². The number of hydrogen-bond acceptors (Lipinski definition) is 3. The predicted molar refractivity (Wildman–Crippen MR) is 61.4 cm³/mol. The van der Waals surface area contributed by atoms with E-state index < -0.39 is 0 Å². The van der Waals surface area contributed by atoms with Crippen molar-refractivity contribution >= 4 is 5.78 Å².